The summed E-state index contributed by atoms with van der Waals surface area (Å²) in [6.07, 6.45) is 2.77. The first kappa shape index (κ1) is 19.8. The van der Waals surface area contributed by atoms with E-state index in [4.69, 9.17) is 29.6 Å². The average Bonchev–Trinajstić information content (AvgIpc) is 2.93. The van der Waals surface area contributed by atoms with Crippen LogP contribution < -0.4 is 16.4 Å². The number of amides is 2. The van der Waals surface area contributed by atoms with Crippen LogP contribution in [-0.4, -0.2) is 16.9 Å². The number of thiocarbonyl (C=S) groups is 1. The van der Waals surface area contributed by atoms with Crippen LogP contribution in [0.1, 0.15) is 50.1 Å². The lowest BCUT2D eigenvalue weighted by Gasteiger charge is -2.18. The van der Waals surface area contributed by atoms with Crippen molar-refractivity contribution >= 4 is 57.1 Å². The Hall–Kier alpha value is -1.96. The van der Waals surface area contributed by atoms with Crippen LogP contribution in [0.3, 0.4) is 0 Å². The minimum absolute atomic E-state index is 0.117. The van der Waals surface area contributed by atoms with Gasteiger partial charge in [-0.15, -0.1) is 11.3 Å². The molecule has 0 spiro atoms. The highest BCUT2D eigenvalue weighted by atomic mass is 35.5. The van der Waals surface area contributed by atoms with E-state index in [2.05, 4.69) is 17.6 Å². The van der Waals surface area contributed by atoms with Crippen molar-refractivity contribution in [2.24, 2.45) is 11.7 Å². The molecule has 1 aromatic carbocycles. The molecule has 1 aliphatic carbocycles. The van der Waals surface area contributed by atoms with Crippen molar-refractivity contribution in [2.75, 3.05) is 5.32 Å². The Morgan fingerprint density at radius 2 is 2.11 bits per heavy atom. The van der Waals surface area contributed by atoms with Crippen molar-refractivity contribution < 1.29 is 9.59 Å². The van der Waals surface area contributed by atoms with Gasteiger partial charge >= 0.3 is 0 Å². The molecule has 1 aromatic heterocycles. The van der Waals surface area contributed by atoms with Crippen molar-refractivity contribution in [2.45, 2.75) is 33.1 Å². The van der Waals surface area contributed by atoms with E-state index in [9.17, 15) is 9.59 Å². The Morgan fingerprint density at radius 1 is 1.37 bits per heavy atom. The van der Waals surface area contributed by atoms with Crippen LogP contribution in [-0.2, 0) is 12.8 Å². The van der Waals surface area contributed by atoms with Crippen LogP contribution in [0, 0.1) is 12.8 Å². The second-order valence-corrected chi connectivity index (χ2v) is 8.71. The molecule has 0 bridgehead atoms. The van der Waals surface area contributed by atoms with E-state index in [1.807, 2.05) is 6.92 Å². The normalized spacial score (nSPS) is 15.7. The minimum Gasteiger partial charge on any atom is -0.365 e. The van der Waals surface area contributed by atoms with E-state index < -0.39 is 5.91 Å². The van der Waals surface area contributed by atoms with Gasteiger partial charge in [0, 0.05) is 15.5 Å². The van der Waals surface area contributed by atoms with Gasteiger partial charge < -0.3 is 11.1 Å². The summed E-state index contributed by atoms with van der Waals surface area (Å²) in [6.45, 7) is 4.05. The minimum atomic E-state index is -0.482. The third-order valence-corrected chi connectivity index (χ3v) is 6.43. The van der Waals surface area contributed by atoms with Gasteiger partial charge in [0.05, 0.1) is 5.56 Å². The summed E-state index contributed by atoms with van der Waals surface area (Å²) in [7, 11) is 0. The Labute approximate surface area is 172 Å². The summed E-state index contributed by atoms with van der Waals surface area (Å²) < 4.78 is 0. The van der Waals surface area contributed by atoms with Gasteiger partial charge in [0.2, 0.25) is 0 Å². The Kier molecular flexibility index (Phi) is 5.83. The molecule has 1 unspecified atom stereocenters. The van der Waals surface area contributed by atoms with Gasteiger partial charge in [-0.3, -0.25) is 14.9 Å². The molecule has 142 valence electrons. The van der Waals surface area contributed by atoms with Crippen molar-refractivity contribution in [3.05, 3.63) is 50.4 Å². The lowest BCUT2D eigenvalue weighted by Crippen LogP contribution is -2.34. The summed E-state index contributed by atoms with van der Waals surface area (Å²) in [5.74, 6) is -0.281. The fourth-order valence-corrected chi connectivity index (χ4v) is 5.00. The molecule has 2 aromatic rings. The number of halogens is 1. The fraction of sp³-hybridized carbons (Fsp3) is 0.316. The number of fused-ring (bicyclic) bond motifs is 1. The number of carbonyl (C=O) groups is 2. The molecule has 0 aliphatic heterocycles. The molecule has 8 heteroatoms. The number of anilines is 1. The zero-order valence-electron chi connectivity index (χ0n) is 15.0. The first-order chi connectivity index (χ1) is 12.8. The molecule has 2 amide bonds. The second kappa shape index (κ2) is 7.96. The van der Waals surface area contributed by atoms with Crippen LogP contribution in [0.25, 0.3) is 0 Å². The van der Waals surface area contributed by atoms with Crippen molar-refractivity contribution in [1.82, 2.24) is 5.32 Å². The molecule has 1 heterocycles. The standard InChI is InChI=1S/C19H20ClN3O2S2/c1-9-3-6-12-14(7-9)27-18(15(12)16(21)24)23-19(26)22-17(25)11-5-4-10(2)13(20)8-11/h4-5,8-9H,3,6-7H2,1-2H3,(H2,21,24)(H2,22,23,25,26). The summed E-state index contributed by atoms with van der Waals surface area (Å²) in [4.78, 5) is 25.5. The number of hydrogen-bond acceptors (Lipinski definition) is 4. The summed E-state index contributed by atoms with van der Waals surface area (Å²) in [5, 5.41) is 6.82. The molecular weight excluding hydrogens is 402 g/mol. The lowest BCUT2D eigenvalue weighted by molar-refractivity contribution is 0.0975. The van der Waals surface area contributed by atoms with E-state index in [0.717, 1.165) is 35.3 Å². The predicted molar refractivity (Wildman–Crippen MR) is 114 cm³/mol. The Balaban J connectivity index is 1.77. The number of nitrogens with one attached hydrogen (secondary N) is 2. The Bertz CT molecular complexity index is 939. The maximum absolute atomic E-state index is 12.4. The van der Waals surface area contributed by atoms with Crippen LogP contribution >= 0.6 is 35.2 Å². The smallest absolute Gasteiger partial charge is 0.257 e. The van der Waals surface area contributed by atoms with Crippen molar-refractivity contribution in [3.8, 4) is 0 Å². The van der Waals surface area contributed by atoms with E-state index in [0.29, 0.717) is 27.1 Å². The van der Waals surface area contributed by atoms with Gasteiger partial charge in [-0.2, -0.15) is 0 Å². The van der Waals surface area contributed by atoms with Crippen LogP contribution in [0.4, 0.5) is 5.00 Å². The van der Waals surface area contributed by atoms with Crippen LogP contribution in [0.2, 0.25) is 5.02 Å². The fourth-order valence-electron chi connectivity index (χ4n) is 3.14. The van der Waals surface area contributed by atoms with E-state index in [1.165, 1.54) is 11.3 Å². The quantitative estimate of drug-likeness (QED) is 0.652. The monoisotopic (exact) mass is 421 g/mol. The molecule has 1 atom stereocenters. The summed E-state index contributed by atoms with van der Waals surface area (Å²) >= 11 is 12.8. The molecule has 1 aliphatic rings. The summed E-state index contributed by atoms with van der Waals surface area (Å²) in [6, 6.07) is 5.04. The van der Waals surface area contributed by atoms with E-state index >= 15 is 0 Å². The highest BCUT2D eigenvalue weighted by Gasteiger charge is 2.27. The first-order valence-electron chi connectivity index (χ1n) is 8.59. The molecule has 5 nitrogen and oxygen atoms in total. The third kappa shape index (κ3) is 4.31. The molecule has 0 fully saturated rings. The molecule has 3 rings (SSSR count). The number of hydrogen-bond donors (Lipinski definition) is 3. The molecule has 0 saturated heterocycles. The number of primary amides is 1. The van der Waals surface area contributed by atoms with E-state index in [1.54, 1.807) is 18.2 Å². The topological polar surface area (TPSA) is 84.2 Å². The van der Waals surface area contributed by atoms with Gasteiger partial charge in [-0.05, 0) is 67.6 Å². The zero-order chi connectivity index (χ0) is 19.7. The SMILES string of the molecule is Cc1ccc(C(=O)NC(=S)Nc2sc3c(c2C(N)=O)CCC(C)C3)cc1Cl. The van der Waals surface area contributed by atoms with E-state index in [-0.39, 0.29) is 11.0 Å². The summed E-state index contributed by atoms with van der Waals surface area (Å²) in [5.41, 5.74) is 8.38. The maximum atomic E-state index is 12.4. The molecular formula is C19H20ClN3O2S2. The number of carbonyl (C=O) groups excluding carboxylic acids is 2. The second-order valence-electron chi connectivity index (χ2n) is 6.79. The first-order valence-corrected chi connectivity index (χ1v) is 10.2. The number of thiophene rings is 1. The van der Waals surface area contributed by atoms with Gasteiger partial charge in [0.1, 0.15) is 5.00 Å². The maximum Gasteiger partial charge on any atom is 0.257 e. The van der Waals surface area contributed by atoms with Gasteiger partial charge in [0.15, 0.2) is 5.11 Å². The van der Waals surface area contributed by atoms with Crippen molar-refractivity contribution in [3.63, 3.8) is 0 Å². The Morgan fingerprint density at radius 3 is 2.78 bits per heavy atom. The molecule has 0 radical (unpaired) electrons. The largest absolute Gasteiger partial charge is 0.365 e. The highest BCUT2D eigenvalue weighted by molar-refractivity contribution is 7.80. The number of aryl methyl sites for hydroxylation is 1. The zero-order valence-corrected chi connectivity index (χ0v) is 17.4. The van der Waals surface area contributed by atoms with Crippen molar-refractivity contribution in [1.29, 1.82) is 0 Å². The third-order valence-electron chi connectivity index (χ3n) is 4.65. The van der Waals surface area contributed by atoms with Gasteiger partial charge in [0.25, 0.3) is 11.8 Å². The molecule has 4 N–H and O–H groups in total. The number of benzene rings is 1. The van der Waals surface area contributed by atoms with Crippen LogP contribution in [0.5, 0.6) is 0 Å². The number of rotatable bonds is 3. The average molecular weight is 422 g/mol. The predicted octanol–water partition coefficient (Wildman–Crippen LogP) is 4.06. The number of nitrogens with two attached hydrogens (primary N) is 1. The molecule has 27 heavy (non-hydrogen) atoms. The van der Waals surface area contributed by atoms with Crippen LogP contribution in [0.15, 0.2) is 18.2 Å². The highest BCUT2D eigenvalue weighted by Crippen LogP contribution is 2.39. The molecule has 0 saturated carbocycles. The lowest BCUT2D eigenvalue weighted by atomic mass is 9.88. The van der Waals surface area contributed by atoms with Gasteiger partial charge in [-0.1, -0.05) is 24.6 Å². The van der Waals surface area contributed by atoms with Gasteiger partial charge in [-0.25, -0.2) is 0 Å².